The number of carbonyl (C=O) groups is 2. The molecule has 0 bridgehead atoms. The predicted molar refractivity (Wildman–Crippen MR) is 114 cm³/mol. The number of ether oxygens (including phenoxy) is 2. The third kappa shape index (κ3) is 4.62. The Bertz CT molecular complexity index is 909. The highest BCUT2D eigenvalue weighted by Gasteiger charge is 2.20. The third-order valence-electron chi connectivity index (χ3n) is 4.96. The Labute approximate surface area is 171 Å². The van der Waals surface area contributed by atoms with Gasteiger partial charge in [0, 0.05) is 43.1 Å². The van der Waals surface area contributed by atoms with Crippen LogP contribution in [0.15, 0.2) is 36.4 Å². The Morgan fingerprint density at radius 2 is 1.69 bits per heavy atom. The summed E-state index contributed by atoms with van der Waals surface area (Å²) in [6.07, 6.45) is 0. The molecule has 0 aromatic heterocycles. The highest BCUT2D eigenvalue weighted by Crippen LogP contribution is 2.35. The Balaban J connectivity index is 1.72. The maximum atomic E-state index is 12.6. The summed E-state index contributed by atoms with van der Waals surface area (Å²) >= 11 is 0. The van der Waals surface area contributed by atoms with Crippen LogP contribution in [0.5, 0.6) is 11.5 Å². The second-order valence-corrected chi connectivity index (χ2v) is 6.86. The van der Waals surface area contributed by atoms with E-state index in [0.717, 1.165) is 30.0 Å². The molecule has 29 heavy (non-hydrogen) atoms. The van der Waals surface area contributed by atoms with Gasteiger partial charge in [0.1, 0.15) is 6.54 Å². The average molecular weight is 397 g/mol. The van der Waals surface area contributed by atoms with Crippen molar-refractivity contribution in [2.75, 3.05) is 41.5 Å². The molecule has 0 saturated carbocycles. The molecule has 7 nitrogen and oxygen atoms in total. The van der Waals surface area contributed by atoms with Gasteiger partial charge in [-0.05, 0) is 56.7 Å². The van der Waals surface area contributed by atoms with E-state index in [2.05, 4.69) is 30.1 Å². The molecule has 2 aromatic rings. The quantitative estimate of drug-likeness (QED) is 0.774. The number of rotatable bonds is 7. The minimum atomic E-state index is -0.267. The zero-order chi connectivity index (χ0) is 21.0. The highest BCUT2D eigenvalue weighted by atomic mass is 16.7. The van der Waals surface area contributed by atoms with Gasteiger partial charge in [-0.15, -0.1) is 0 Å². The molecule has 0 unspecified atom stereocenters. The summed E-state index contributed by atoms with van der Waals surface area (Å²) < 4.78 is 10.7. The highest BCUT2D eigenvalue weighted by molar-refractivity contribution is 6.02. The minimum absolute atomic E-state index is 0.0911. The summed E-state index contributed by atoms with van der Waals surface area (Å²) in [6.45, 7) is 9.52. The van der Waals surface area contributed by atoms with Gasteiger partial charge in [-0.3, -0.25) is 9.59 Å². The summed E-state index contributed by atoms with van der Waals surface area (Å²) in [5, 5.41) is 2.91. The molecule has 154 valence electrons. The molecular weight excluding hydrogens is 370 g/mol. The number of benzene rings is 2. The molecule has 0 spiro atoms. The van der Waals surface area contributed by atoms with Crippen molar-refractivity contribution in [1.82, 2.24) is 0 Å². The molecule has 2 amide bonds. The van der Waals surface area contributed by atoms with Crippen molar-refractivity contribution in [2.24, 2.45) is 0 Å². The van der Waals surface area contributed by atoms with Crippen molar-refractivity contribution < 1.29 is 19.1 Å². The first-order valence-electron chi connectivity index (χ1n) is 9.76. The second kappa shape index (κ2) is 8.86. The van der Waals surface area contributed by atoms with Gasteiger partial charge < -0.3 is 24.6 Å². The van der Waals surface area contributed by atoms with E-state index in [-0.39, 0.29) is 25.2 Å². The van der Waals surface area contributed by atoms with Crippen molar-refractivity contribution >= 4 is 28.9 Å². The lowest BCUT2D eigenvalue weighted by Gasteiger charge is -2.23. The number of nitrogens with zero attached hydrogens (tertiary/aromatic N) is 2. The smallest absolute Gasteiger partial charge is 0.244 e. The Hall–Kier alpha value is -3.22. The van der Waals surface area contributed by atoms with Gasteiger partial charge >= 0.3 is 0 Å². The average Bonchev–Trinajstić information content (AvgIpc) is 3.16. The van der Waals surface area contributed by atoms with E-state index in [9.17, 15) is 9.59 Å². The normalized spacial score (nSPS) is 11.9. The number of nitrogens with one attached hydrogen (secondary N) is 1. The minimum Gasteiger partial charge on any atom is -0.454 e. The summed E-state index contributed by atoms with van der Waals surface area (Å²) in [4.78, 5) is 28.5. The predicted octanol–water partition coefficient (Wildman–Crippen LogP) is 3.56. The van der Waals surface area contributed by atoms with Crippen molar-refractivity contribution in [3.8, 4) is 11.5 Å². The molecule has 0 saturated heterocycles. The molecule has 3 rings (SSSR count). The van der Waals surface area contributed by atoms with Gasteiger partial charge in [-0.1, -0.05) is 0 Å². The van der Waals surface area contributed by atoms with Crippen LogP contribution in [0.25, 0.3) is 0 Å². The SMILES string of the molecule is CCN(CC)c1ccc(NC(=O)CN(C(C)=O)c2ccc3c(c2)OCO3)c(C)c1. The number of anilines is 3. The zero-order valence-corrected chi connectivity index (χ0v) is 17.3. The van der Waals surface area contributed by atoms with E-state index >= 15 is 0 Å². The fraction of sp³-hybridized carbons (Fsp3) is 0.364. The van der Waals surface area contributed by atoms with E-state index in [1.807, 2.05) is 19.1 Å². The Kier molecular flexibility index (Phi) is 6.26. The molecule has 0 atom stereocenters. The molecule has 1 aliphatic heterocycles. The monoisotopic (exact) mass is 397 g/mol. The van der Waals surface area contributed by atoms with E-state index in [0.29, 0.717) is 17.2 Å². The molecule has 2 aromatic carbocycles. The molecule has 0 aliphatic carbocycles. The van der Waals surface area contributed by atoms with Gasteiger partial charge in [0.2, 0.25) is 18.6 Å². The molecule has 0 fully saturated rings. The molecule has 7 heteroatoms. The lowest BCUT2D eigenvalue weighted by Crippen LogP contribution is -2.36. The third-order valence-corrected chi connectivity index (χ3v) is 4.96. The van der Waals surface area contributed by atoms with Crippen LogP contribution in [0.2, 0.25) is 0 Å². The van der Waals surface area contributed by atoms with Crippen molar-refractivity contribution in [2.45, 2.75) is 27.7 Å². The van der Waals surface area contributed by atoms with Gasteiger partial charge in [0.15, 0.2) is 11.5 Å². The van der Waals surface area contributed by atoms with Crippen molar-refractivity contribution in [3.63, 3.8) is 0 Å². The first-order valence-corrected chi connectivity index (χ1v) is 9.76. The van der Waals surface area contributed by atoms with Crippen LogP contribution in [-0.4, -0.2) is 38.2 Å². The Morgan fingerprint density at radius 1 is 1.00 bits per heavy atom. The van der Waals surface area contributed by atoms with Crippen LogP contribution in [0.1, 0.15) is 26.3 Å². The van der Waals surface area contributed by atoms with Crippen LogP contribution in [0.3, 0.4) is 0 Å². The number of fused-ring (bicyclic) bond motifs is 1. The fourth-order valence-corrected chi connectivity index (χ4v) is 3.34. The first-order chi connectivity index (χ1) is 13.9. The van der Waals surface area contributed by atoms with Crippen molar-refractivity contribution in [3.05, 3.63) is 42.0 Å². The molecular formula is C22H27N3O4. The van der Waals surface area contributed by atoms with Crippen LogP contribution >= 0.6 is 0 Å². The standard InChI is InChI=1S/C22H27N3O4/c1-5-24(6-2)17-7-9-19(15(3)11-17)23-22(27)13-25(16(4)26)18-8-10-20-21(12-18)29-14-28-20/h7-12H,5-6,13-14H2,1-4H3,(H,23,27). The van der Waals surface area contributed by atoms with Gasteiger partial charge in [0.05, 0.1) is 0 Å². The van der Waals surface area contributed by atoms with Crippen LogP contribution in [0.4, 0.5) is 17.1 Å². The molecule has 1 aliphatic rings. The molecule has 1 heterocycles. The number of aryl methyl sites for hydroxylation is 1. The summed E-state index contributed by atoms with van der Waals surface area (Å²) in [6, 6.07) is 11.1. The summed E-state index contributed by atoms with van der Waals surface area (Å²) in [7, 11) is 0. The molecule has 0 radical (unpaired) electrons. The van der Waals surface area contributed by atoms with Gasteiger partial charge in [-0.2, -0.15) is 0 Å². The number of hydrogen-bond donors (Lipinski definition) is 1. The van der Waals surface area contributed by atoms with Crippen LogP contribution in [0, 0.1) is 6.92 Å². The van der Waals surface area contributed by atoms with Gasteiger partial charge in [0.25, 0.3) is 0 Å². The van der Waals surface area contributed by atoms with E-state index < -0.39 is 0 Å². The number of hydrogen-bond acceptors (Lipinski definition) is 5. The topological polar surface area (TPSA) is 71.1 Å². The number of amides is 2. The number of carbonyl (C=O) groups excluding carboxylic acids is 2. The molecule has 1 N–H and O–H groups in total. The van der Waals surface area contributed by atoms with Gasteiger partial charge in [-0.25, -0.2) is 0 Å². The lowest BCUT2D eigenvalue weighted by molar-refractivity contribution is -0.120. The van der Waals surface area contributed by atoms with Crippen LogP contribution in [-0.2, 0) is 9.59 Å². The van der Waals surface area contributed by atoms with E-state index in [1.54, 1.807) is 18.2 Å². The summed E-state index contributed by atoms with van der Waals surface area (Å²) in [5.41, 5.74) is 3.42. The largest absolute Gasteiger partial charge is 0.454 e. The lowest BCUT2D eigenvalue weighted by atomic mass is 10.1. The van der Waals surface area contributed by atoms with Crippen LogP contribution < -0.4 is 24.6 Å². The Morgan fingerprint density at radius 3 is 2.34 bits per heavy atom. The fourth-order valence-electron chi connectivity index (χ4n) is 3.34. The zero-order valence-electron chi connectivity index (χ0n) is 17.3. The van der Waals surface area contributed by atoms with E-state index in [4.69, 9.17) is 9.47 Å². The summed E-state index contributed by atoms with van der Waals surface area (Å²) in [5.74, 6) is 0.701. The second-order valence-electron chi connectivity index (χ2n) is 6.86. The van der Waals surface area contributed by atoms with Crippen molar-refractivity contribution in [1.29, 1.82) is 0 Å². The maximum absolute atomic E-state index is 12.6. The first kappa shape index (κ1) is 20.5. The van der Waals surface area contributed by atoms with E-state index in [1.165, 1.54) is 11.8 Å². The maximum Gasteiger partial charge on any atom is 0.244 e.